The zero-order valence-electron chi connectivity index (χ0n) is 9.86. The first-order chi connectivity index (χ1) is 7.70. The summed E-state index contributed by atoms with van der Waals surface area (Å²) < 4.78 is 0. The summed E-state index contributed by atoms with van der Waals surface area (Å²) in [6, 6.07) is 6.66. The molecule has 0 atom stereocenters. The summed E-state index contributed by atoms with van der Waals surface area (Å²) >= 11 is 0. The SMILES string of the molecule is C[B]c1ccc2c(NC(C)C)nncc2c1. The molecular weight excluding hydrogens is 197 g/mol. The molecule has 16 heavy (non-hydrogen) atoms. The number of aromatic nitrogens is 2. The van der Waals surface area contributed by atoms with E-state index in [-0.39, 0.29) is 0 Å². The Morgan fingerprint density at radius 2 is 2.12 bits per heavy atom. The third kappa shape index (κ3) is 2.16. The molecule has 0 aliphatic heterocycles. The molecule has 0 saturated carbocycles. The number of rotatable bonds is 3. The van der Waals surface area contributed by atoms with Crippen LogP contribution in [-0.4, -0.2) is 23.5 Å². The molecule has 2 aromatic rings. The molecule has 1 aromatic carbocycles. The second-order valence-corrected chi connectivity index (χ2v) is 4.13. The van der Waals surface area contributed by atoms with Gasteiger partial charge in [-0.2, -0.15) is 5.10 Å². The van der Waals surface area contributed by atoms with Crippen molar-refractivity contribution in [3.8, 4) is 0 Å². The number of hydrogen-bond donors (Lipinski definition) is 1. The van der Waals surface area contributed by atoms with E-state index in [2.05, 4.69) is 54.8 Å². The van der Waals surface area contributed by atoms with Crippen molar-refractivity contribution in [1.82, 2.24) is 10.2 Å². The second kappa shape index (κ2) is 4.52. The van der Waals surface area contributed by atoms with Gasteiger partial charge in [-0.15, -0.1) is 5.10 Å². The highest BCUT2D eigenvalue weighted by molar-refractivity contribution is 6.52. The van der Waals surface area contributed by atoms with E-state index in [0.29, 0.717) is 6.04 Å². The Hall–Kier alpha value is -1.58. The van der Waals surface area contributed by atoms with E-state index in [0.717, 1.165) is 16.6 Å². The average Bonchev–Trinajstić information content (AvgIpc) is 2.28. The molecule has 0 bridgehead atoms. The molecule has 1 heterocycles. The minimum Gasteiger partial charge on any atom is -0.366 e. The third-order valence-corrected chi connectivity index (χ3v) is 2.44. The number of nitrogens with zero attached hydrogens (tertiary/aromatic N) is 2. The van der Waals surface area contributed by atoms with Crippen molar-refractivity contribution in [2.75, 3.05) is 5.32 Å². The van der Waals surface area contributed by atoms with E-state index in [4.69, 9.17) is 0 Å². The summed E-state index contributed by atoms with van der Waals surface area (Å²) in [4.78, 5) is 0. The first kappa shape index (κ1) is 10.9. The first-order valence-electron chi connectivity index (χ1n) is 5.52. The van der Waals surface area contributed by atoms with Crippen molar-refractivity contribution in [3.63, 3.8) is 0 Å². The molecule has 3 nitrogen and oxygen atoms in total. The van der Waals surface area contributed by atoms with E-state index < -0.39 is 0 Å². The Morgan fingerprint density at radius 1 is 1.31 bits per heavy atom. The van der Waals surface area contributed by atoms with Crippen LogP contribution in [0.3, 0.4) is 0 Å². The minimum atomic E-state index is 0.359. The van der Waals surface area contributed by atoms with Crippen molar-refractivity contribution in [1.29, 1.82) is 0 Å². The highest BCUT2D eigenvalue weighted by atomic mass is 15.2. The van der Waals surface area contributed by atoms with Gasteiger partial charge in [-0.1, -0.05) is 30.5 Å². The van der Waals surface area contributed by atoms with Crippen LogP contribution in [0, 0.1) is 0 Å². The van der Waals surface area contributed by atoms with Gasteiger partial charge in [0.2, 0.25) is 0 Å². The molecular formula is C12H15BN3. The maximum absolute atomic E-state index is 4.13. The lowest BCUT2D eigenvalue weighted by Crippen LogP contribution is -2.13. The molecule has 0 spiro atoms. The lowest BCUT2D eigenvalue weighted by atomic mass is 9.73. The van der Waals surface area contributed by atoms with E-state index in [1.807, 2.05) is 6.82 Å². The van der Waals surface area contributed by atoms with Gasteiger partial charge in [0.05, 0.1) is 6.20 Å². The van der Waals surface area contributed by atoms with Crippen molar-refractivity contribution in [2.24, 2.45) is 0 Å². The van der Waals surface area contributed by atoms with Gasteiger partial charge in [0.15, 0.2) is 5.82 Å². The zero-order valence-corrected chi connectivity index (χ0v) is 9.86. The molecule has 0 fully saturated rings. The number of benzene rings is 1. The minimum absolute atomic E-state index is 0.359. The Balaban J connectivity index is 2.51. The van der Waals surface area contributed by atoms with Crippen LogP contribution < -0.4 is 10.8 Å². The van der Waals surface area contributed by atoms with Crippen molar-refractivity contribution < 1.29 is 0 Å². The zero-order chi connectivity index (χ0) is 11.5. The molecule has 1 radical (unpaired) electrons. The Morgan fingerprint density at radius 3 is 2.81 bits per heavy atom. The molecule has 0 unspecified atom stereocenters. The number of hydrogen-bond acceptors (Lipinski definition) is 3. The van der Waals surface area contributed by atoms with Gasteiger partial charge in [0.1, 0.15) is 7.28 Å². The molecule has 0 aliphatic rings. The second-order valence-electron chi connectivity index (χ2n) is 4.13. The van der Waals surface area contributed by atoms with Gasteiger partial charge in [0, 0.05) is 16.8 Å². The quantitative estimate of drug-likeness (QED) is 0.788. The van der Waals surface area contributed by atoms with Crippen LogP contribution in [0.1, 0.15) is 13.8 Å². The molecule has 4 heteroatoms. The summed E-state index contributed by atoms with van der Waals surface area (Å²) in [5.74, 6) is 0.857. The van der Waals surface area contributed by atoms with Crippen LogP contribution in [0.15, 0.2) is 24.4 Å². The Bertz CT molecular complexity index is 497. The topological polar surface area (TPSA) is 37.8 Å². The van der Waals surface area contributed by atoms with Gasteiger partial charge >= 0.3 is 0 Å². The fourth-order valence-corrected chi connectivity index (χ4v) is 1.67. The van der Waals surface area contributed by atoms with Crippen LogP contribution in [0.2, 0.25) is 6.82 Å². The lowest BCUT2D eigenvalue weighted by Gasteiger charge is -2.11. The predicted molar refractivity (Wildman–Crippen MR) is 69.5 cm³/mol. The highest BCUT2D eigenvalue weighted by Crippen LogP contribution is 2.18. The smallest absolute Gasteiger partial charge is 0.156 e. The van der Waals surface area contributed by atoms with Crippen LogP contribution in [0.5, 0.6) is 0 Å². The van der Waals surface area contributed by atoms with E-state index in [1.165, 1.54) is 5.46 Å². The van der Waals surface area contributed by atoms with Crippen molar-refractivity contribution in [3.05, 3.63) is 24.4 Å². The van der Waals surface area contributed by atoms with Gasteiger partial charge < -0.3 is 5.32 Å². The van der Waals surface area contributed by atoms with Crippen LogP contribution in [-0.2, 0) is 0 Å². The van der Waals surface area contributed by atoms with Crippen molar-refractivity contribution >= 4 is 29.3 Å². The van der Waals surface area contributed by atoms with Crippen LogP contribution in [0.25, 0.3) is 10.8 Å². The van der Waals surface area contributed by atoms with Gasteiger partial charge in [-0.05, 0) is 13.8 Å². The third-order valence-electron chi connectivity index (χ3n) is 2.44. The molecule has 0 amide bonds. The van der Waals surface area contributed by atoms with Crippen LogP contribution >= 0.6 is 0 Å². The monoisotopic (exact) mass is 212 g/mol. The molecule has 1 N–H and O–H groups in total. The Kier molecular flexibility index (Phi) is 3.08. The van der Waals surface area contributed by atoms with E-state index in [1.54, 1.807) is 6.20 Å². The first-order valence-corrected chi connectivity index (χ1v) is 5.52. The normalized spacial score (nSPS) is 10.8. The Labute approximate surface area is 96.5 Å². The largest absolute Gasteiger partial charge is 0.366 e. The van der Waals surface area contributed by atoms with E-state index >= 15 is 0 Å². The lowest BCUT2D eigenvalue weighted by molar-refractivity contribution is 0.879. The highest BCUT2D eigenvalue weighted by Gasteiger charge is 2.04. The van der Waals surface area contributed by atoms with Gasteiger partial charge in [-0.3, -0.25) is 0 Å². The number of nitrogens with one attached hydrogen (secondary N) is 1. The fraction of sp³-hybridized carbons (Fsp3) is 0.333. The maximum atomic E-state index is 4.13. The summed E-state index contributed by atoms with van der Waals surface area (Å²) in [6.07, 6.45) is 1.80. The molecule has 0 aliphatic carbocycles. The summed E-state index contributed by atoms with van der Waals surface area (Å²) in [5.41, 5.74) is 1.20. The predicted octanol–water partition coefficient (Wildman–Crippen LogP) is 1.83. The van der Waals surface area contributed by atoms with Crippen LogP contribution in [0.4, 0.5) is 5.82 Å². The molecule has 1 aromatic heterocycles. The number of anilines is 1. The summed E-state index contributed by atoms with van der Waals surface area (Å²) in [5, 5.41) is 13.7. The van der Waals surface area contributed by atoms with Crippen molar-refractivity contribution in [2.45, 2.75) is 26.7 Å². The maximum Gasteiger partial charge on any atom is 0.156 e. The average molecular weight is 212 g/mol. The van der Waals surface area contributed by atoms with Gasteiger partial charge in [-0.25, -0.2) is 0 Å². The molecule has 0 saturated heterocycles. The summed E-state index contributed by atoms with van der Waals surface area (Å²) in [7, 11) is 2.08. The standard InChI is InChI=1S/C12H15BN3/c1-8(2)15-12-11-5-4-10(13-3)6-9(11)7-14-16-12/h4-8H,1-3H3,(H,15,16). The summed E-state index contributed by atoms with van der Waals surface area (Å²) in [6.45, 7) is 6.21. The molecule has 81 valence electrons. The van der Waals surface area contributed by atoms with Gasteiger partial charge in [0.25, 0.3) is 0 Å². The van der Waals surface area contributed by atoms with E-state index in [9.17, 15) is 0 Å². The fourth-order valence-electron chi connectivity index (χ4n) is 1.67. The number of fused-ring (bicyclic) bond motifs is 1. The molecule has 2 rings (SSSR count).